The van der Waals surface area contributed by atoms with E-state index in [2.05, 4.69) is 15.0 Å². The molecule has 0 bridgehead atoms. The Morgan fingerprint density at radius 2 is 2.03 bits per heavy atom. The van der Waals surface area contributed by atoms with Gasteiger partial charge < -0.3 is 18.9 Å². The number of rotatable bonds is 8. The van der Waals surface area contributed by atoms with Crippen molar-refractivity contribution in [2.24, 2.45) is 0 Å². The highest BCUT2D eigenvalue weighted by atomic mass is 35.5. The summed E-state index contributed by atoms with van der Waals surface area (Å²) in [6.45, 7) is 3.87. The average molecular weight is 477 g/mol. The number of carbonyl (C=O) groups is 1. The summed E-state index contributed by atoms with van der Waals surface area (Å²) in [5, 5.41) is 6.41. The van der Waals surface area contributed by atoms with Crippen LogP contribution < -0.4 is 9.47 Å². The number of amides is 1. The Kier molecular flexibility index (Phi) is 7.29. The first-order chi connectivity index (χ1) is 15.6. The molecule has 0 aliphatic carbocycles. The zero-order valence-corrected chi connectivity index (χ0v) is 19.6. The maximum atomic E-state index is 13.0. The van der Waals surface area contributed by atoms with Gasteiger partial charge in [0.15, 0.2) is 11.5 Å². The molecule has 0 N–H and O–H groups in total. The van der Waals surface area contributed by atoms with Gasteiger partial charge in [0.05, 0.1) is 24.1 Å². The van der Waals surface area contributed by atoms with Gasteiger partial charge in [-0.25, -0.2) is 0 Å². The molecule has 0 atom stereocenters. The molecule has 0 saturated carbocycles. The number of ether oxygens (including phenoxy) is 2. The van der Waals surface area contributed by atoms with E-state index in [1.807, 2.05) is 22.4 Å². The first-order valence-electron chi connectivity index (χ1n) is 10.4. The lowest BCUT2D eigenvalue weighted by atomic mass is 10.1. The number of aryl methyl sites for hydroxylation is 1. The lowest BCUT2D eigenvalue weighted by Gasteiger charge is -2.34. The predicted octanol–water partition coefficient (Wildman–Crippen LogP) is 3.86. The van der Waals surface area contributed by atoms with E-state index in [1.165, 1.54) is 14.2 Å². The highest BCUT2D eigenvalue weighted by Gasteiger charge is 2.24. The van der Waals surface area contributed by atoms with Crippen molar-refractivity contribution in [3.63, 3.8) is 0 Å². The second-order valence-electron chi connectivity index (χ2n) is 7.42. The Hall–Kier alpha value is -2.62. The first kappa shape index (κ1) is 22.6. The number of hydrogen-bond acceptors (Lipinski definition) is 8. The number of benzene rings is 1. The van der Waals surface area contributed by atoms with Crippen molar-refractivity contribution >= 4 is 28.8 Å². The molecule has 1 saturated heterocycles. The molecule has 0 spiro atoms. The fraction of sp³-hybridized carbons (Fsp3) is 0.409. The Balaban J connectivity index is 1.25. The third-order valence-corrected chi connectivity index (χ3v) is 6.56. The molecule has 1 aliphatic rings. The second kappa shape index (κ2) is 10.3. The molecule has 1 aliphatic heterocycles. The molecule has 8 nitrogen and oxygen atoms in total. The fourth-order valence-corrected chi connectivity index (χ4v) is 4.65. The molecule has 4 rings (SSSR count). The molecule has 32 heavy (non-hydrogen) atoms. The molecule has 3 aromatic rings. The van der Waals surface area contributed by atoms with Gasteiger partial charge in [0.1, 0.15) is 0 Å². The standard InChI is InChI=1S/C22H25ClN4O4S/c1-29-17-14-15(13-16(23)20(17)30-2)22(28)27-10-8-26(9-11-27)7-3-6-19-24-21(25-31-19)18-5-4-12-32-18/h4-5,12-14H,3,6-11H2,1-2H3. The normalized spacial score (nSPS) is 14.5. The van der Waals surface area contributed by atoms with E-state index >= 15 is 0 Å². The van der Waals surface area contributed by atoms with Crippen LogP contribution in [0.1, 0.15) is 22.7 Å². The van der Waals surface area contributed by atoms with Crippen LogP contribution in [0.5, 0.6) is 11.5 Å². The van der Waals surface area contributed by atoms with E-state index in [0.717, 1.165) is 37.4 Å². The second-order valence-corrected chi connectivity index (χ2v) is 8.77. The lowest BCUT2D eigenvalue weighted by molar-refractivity contribution is 0.0635. The zero-order chi connectivity index (χ0) is 22.5. The smallest absolute Gasteiger partial charge is 0.254 e. The van der Waals surface area contributed by atoms with Crippen LogP contribution in [0.2, 0.25) is 5.02 Å². The molecule has 0 radical (unpaired) electrons. The minimum atomic E-state index is -0.0560. The summed E-state index contributed by atoms with van der Waals surface area (Å²) >= 11 is 7.85. The van der Waals surface area contributed by atoms with Gasteiger partial charge in [0.2, 0.25) is 11.7 Å². The highest BCUT2D eigenvalue weighted by molar-refractivity contribution is 7.13. The number of aromatic nitrogens is 2. The van der Waals surface area contributed by atoms with Crippen molar-refractivity contribution in [2.75, 3.05) is 46.9 Å². The highest BCUT2D eigenvalue weighted by Crippen LogP contribution is 2.36. The topological polar surface area (TPSA) is 80.9 Å². The Morgan fingerprint density at radius 3 is 2.72 bits per heavy atom. The van der Waals surface area contributed by atoms with Crippen molar-refractivity contribution in [2.45, 2.75) is 12.8 Å². The summed E-state index contributed by atoms with van der Waals surface area (Å²) in [4.78, 5) is 22.6. The molecule has 2 aromatic heterocycles. The third-order valence-electron chi connectivity index (χ3n) is 5.41. The van der Waals surface area contributed by atoms with Crippen molar-refractivity contribution in [1.29, 1.82) is 0 Å². The predicted molar refractivity (Wildman–Crippen MR) is 123 cm³/mol. The molecule has 0 unspecified atom stereocenters. The summed E-state index contributed by atoms with van der Waals surface area (Å²) in [5.74, 6) is 2.13. The Labute approximate surface area is 195 Å². The van der Waals surface area contributed by atoms with Crippen LogP contribution >= 0.6 is 22.9 Å². The SMILES string of the molecule is COc1cc(C(=O)N2CCN(CCCc3nc(-c4cccs4)no3)CC2)cc(Cl)c1OC. The zero-order valence-electron chi connectivity index (χ0n) is 18.0. The van der Waals surface area contributed by atoms with E-state index in [9.17, 15) is 4.79 Å². The maximum absolute atomic E-state index is 13.0. The van der Waals surface area contributed by atoms with Gasteiger partial charge in [0, 0.05) is 38.2 Å². The number of thiophene rings is 1. The van der Waals surface area contributed by atoms with Crippen LogP contribution in [0.3, 0.4) is 0 Å². The number of methoxy groups -OCH3 is 2. The summed E-state index contributed by atoms with van der Waals surface area (Å²) < 4.78 is 15.9. The van der Waals surface area contributed by atoms with E-state index in [0.29, 0.717) is 46.9 Å². The maximum Gasteiger partial charge on any atom is 0.254 e. The van der Waals surface area contributed by atoms with Crippen LogP contribution in [0.25, 0.3) is 10.7 Å². The third kappa shape index (κ3) is 5.06. The molecular weight excluding hydrogens is 452 g/mol. The summed E-state index contributed by atoms with van der Waals surface area (Å²) in [7, 11) is 3.05. The number of piperazine rings is 1. The molecule has 10 heteroatoms. The largest absolute Gasteiger partial charge is 0.493 e. The van der Waals surface area contributed by atoms with E-state index in [-0.39, 0.29) is 5.91 Å². The minimum absolute atomic E-state index is 0.0560. The van der Waals surface area contributed by atoms with Gasteiger partial charge in [-0.15, -0.1) is 11.3 Å². The lowest BCUT2D eigenvalue weighted by Crippen LogP contribution is -2.48. The molecule has 1 aromatic carbocycles. The van der Waals surface area contributed by atoms with E-state index in [1.54, 1.807) is 23.5 Å². The number of hydrogen-bond donors (Lipinski definition) is 0. The van der Waals surface area contributed by atoms with Gasteiger partial charge >= 0.3 is 0 Å². The Bertz CT molecular complexity index is 1050. The van der Waals surface area contributed by atoms with Crippen LogP contribution in [0, 0.1) is 0 Å². The number of halogens is 1. The fourth-order valence-electron chi connectivity index (χ4n) is 3.71. The molecular formula is C22H25ClN4O4S. The van der Waals surface area contributed by atoms with Crippen LogP contribution in [0.15, 0.2) is 34.2 Å². The number of carbonyl (C=O) groups excluding carboxylic acids is 1. The van der Waals surface area contributed by atoms with Crippen molar-refractivity contribution in [3.05, 3.63) is 46.1 Å². The molecule has 1 amide bonds. The molecule has 1 fully saturated rings. The summed E-state index contributed by atoms with van der Waals surface area (Å²) in [6.07, 6.45) is 1.66. The molecule has 170 valence electrons. The average Bonchev–Trinajstić information content (AvgIpc) is 3.50. The molecule has 3 heterocycles. The van der Waals surface area contributed by atoms with Gasteiger partial charge in [-0.1, -0.05) is 22.8 Å². The van der Waals surface area contributed by atoms with Crippen molar-refractivity contribution < 1.29 is 18.8 Å². The van der Waals surface area contributed by atoms with Gasteiger partial charge in [-0.3, -0.25) is 9.69 Å². The Morgan fingerprint density at radius 1 is 1.22 bits per heavy atom. The van der Waals surface area contributed by atoms with Crippen molar-refractivity contribution in [1.82, 2.24) is 19.9 Å². The minimum Gasteiger partial charge on any atom is -0.493 e. The van der Waals surface area contributed by atoms with Crippen LogP contribution in [-0.2, 0) is 6.42 Å². The van der Waals surface area contributed by atoms with E-state index < -0.39 is 0 Å². The van der Waals surface area contributed by atoms with Gasteiger partial charge in [0.25, 0.3) is 5.91 Å². The van der Waals surface area contributed by atoms with Gasteiger partial charge in [-0.05, 0) is 36.5 Å². The van der Waals surface area contributed by atoms with Crippen LogP contribution in [0.4, 0.5) is 0 Å². The quantitative estimate of drug-likeness (QED) is 0.488. The van der Waals surface area contributed by atoms with Crippen molar-refractivity contribution in [3.8, 4) is 22.2 Å². The van der Waals surface area contributed by atoms with E-state index in [4.69, 9.17) is 25.6 Å². The first-order valence-corrected chi connectivity index (χ1v) is 11.6. The summed E-state index contributed by atoms with van der Waals surface area (Å²) in [5.41, 5.74) is 0.499. The van der Waals surface area contributed by atoms with Crippen LogP contribution in [-0.4, -0.2) is 72.8 Å². The number of nitrogens with zero attached hydrogens (tertiary/aromatic N) is 4. The summed E-state index contributed by atoms with van der Waals surface area (Å²) in [6, 6.07) is 7.26. The monoisotopic (exact) mass is 476 g/mol. The van der Waals surface area contributed by atoms with Gasteiger partial charge in [-0.2, -0.15) is 4.98 Å².